The first-order valence-electron chi connectivity index (χ1n) is 10.2. The lowest BCUT2D eigenvalue weighted by Gasteiger charge is -2.56. The molecule has 0 amide bonds. The molecule has 3 unspecified atom stereocenters. The molecule has 0 spiro atoms. The first kappa shape index (κ1) is 22.9. The molecule has 1 aliphatic carbocycles. The third kappa shape index (κ3) is 4.10. The van der Waals surface area contributed by atoms with Crippen LogP contribution < -0.4 is 0 Å². The summed E-state index contributed by atoms with van der Waals surface area (Å²) in [7, 11) is -8.57. The molecule has 4 bridgehead atoms. The van der Waals surface area contributed by atoms with E-state index in [1.807, 2.05) is 13.8 Å². The van der Waals surface area contributed by atoms with E-state index in [2.05, 4.69) is 0 Å². The van der Waals surface area contributed by atoms with Crippen molar-refractivity contribution in [1.82, 2.24) is 0 Å². The lowest BCUT2D eigenvalue weighted by atomic mass is 9.83. The van der Waals surface area contributed by atoms with E-state index in [0.717, 1.165) is 11.1 Å². The van der Waals surface area contributed by atoms with Crippen LogP contribution in [0.1, 0.15) is 11.1 Å². The molecule has 2 aromatic carbocycles. The van der Waals surface area contributed by atoms with Crippen molar-refractivity contribution in [2.24, 2.45) is 0 Å². The Balaban J connectivity index is 1.44. The standard InChI is InChI=1S/C21H22O10S2/c1-11-3-7-13(8-4-11)32(23,24)30-19-16-15(22)17-20(18(19)29-21(27-16)28-17)31-33(25,26)14-9-5-12(2)6-10-14/h3-10,15-22H,1-2H3/t15-,16+,17?,18-,19?,20?,21+/m0/s1. The quantitative estimate of drug-likeness (QED) is 0.575. The molecule has 2 aromatic rings. The maximum atomic E-state index is 12.9. The average molecular weight is 499 g/mol. The predicted octanol–water partition coefficient (Wildman–Crippen LogP) is 0.992. The summed E-state index contributed by atoms with van der Waals surface area (Å²) >= 11 is 0. The molecule has 0 aromatic heterocycles. The first-order chi connectivity index (χ1) is 15.5. The Bertz CT molecular complexity index is 1150. The normalized spacial score (nSPS) is 33.4. The Kier molecular flexibility index (Phi) is 5.61. The zero-order valence-corrected chi connectivity index (χ0v) is 19.2. The van der Waals surface area contributed by atoms with Gasteiger partial charge < -0.3 is 19.3 Å². The van der Waals surface area contributed by atoms with Crippen molar-refractivity contribution in [3.8, 4) is 0 Å². The van der Waals surface area contributed by atoms with Gasteiger partial charge in [0.25, 0.3) is 26.7 Å². The fraction of sp³-hybridized carbons (Fsp3) is 0.429. The van der Waals surface area contributed by atoms with Crippen molar-refractivity contribution in [3.63, 3.8) is 0 Å². The summed E-state index contributed by atoms with van der Waals surface area (Å²) in [6.07, 6.45) is -7.54. The second kappa shape index (κ2) is 8.10. The molecule has 3 heterocycles. The van der Waals surface area contributed by atoms with Crippen molar-refractivity contribution in [1.29, 1.82) is 0 Å². The van der Waals surface area contributed by atoms with Crippen LogP contribution in [0.4, 0.5) is 0 Å². The van der Waals surface area contributed by atoms with Crippen LogP contribution in [0.25, 0.3) is 0 Å². The first-order valence-corrected chi connectivity index (χ1v) is 13.0. The largest absolute Gasteiger partial charge is 0.387 e. The van der Waals surface area contributed by atoms with E-state index in [0.29, 0.717) is 0 Å². The Hall–Kier alpha value is -1.90. The monoisotopic (exact) mass is 498 g/mol. The van der Waals surface area contributed by atoms with E-state index < -0.39 is 63.3 Å². The highest BCUT2D eigenvalue weighted by Crippen LogP contribution is 2.44. The minimum atomic E-state index is -4.29. The second-order valence-electron chi connectivity index (χ2n) is 8.24. The minimum Gasteiger partial charge on any atom is -0.387 e. The topological polar surface area (TPSA) is 135 Å². The lowest BCUT2D eigenvalue weighted by molar-refractivity contribution is -0.476. The number of hydrogen-bond acceptors (Lipinski definition) is 10. The fourth-order valence-electron chi connectivity index (χ4n) is 4.12. The average Bonchev–Trinajstić information content (AvgIpc) is 2.76. The van der Waals surface area contributed by atoms with Crippen molar-refractivity contribution in [2.45, 2.75) is 66.7 Å². The predicted molar refractivity (Wildman–Crippen MR) is 111 cm³/mol. The zero-order valence-electron chi connectivity index (χ0n) is 17.6. The summed E-state index contributed by atoms with van der Waals surface area (Å²) < 4.78 is 78.8. The maximum absolute atomic E-state index is 12.9. The van der Waals surface area contributed by atoms with Gasteiger partial charge in [-0.25, -0.2) is 0 Å². The Morgan fingerprint density at radius 2 is 1.03 bits per heavy atom. The van der Waals surface area contributed by atoms with Crippen LogP contribution in [0.15, 0.2) is 58.3 Å². The molecule has 1 N–H and O–H groups in total. The summed E-state index contributed by atoms with van der Waals surface area (Å²) in [5.74, 6) is 0. The molecular formula is C21H22O10S2. The molecule has 12 heteroatoms. The van der Waals surface area contributed by atoms with Crippen LogP contribution in [0.5, 0.6) is 0 Å². The third-order valence-electron chi connectivity index (χ3n) is 5.87. The number of hydrogen-bond donors (Lipinski definition) is 1. The summed E-state index contributed by atoms with van der Waals surface area (Å²) in [6, 6.07) is 12.0. The molecule has 1 saturated carbocycles. The van der Waals surface area contributed by atoms with Crippen LogP contribution >= 0.6 is 0 Å². The van der Waals surface area contributed by atoms with Gasteiger partial charge in [0, 0.05) is 0 Å². The number of rotatable bonds is 6. The van der Waals surface area contributed by atoms with Crippen molar-refractivity contribution in [3.05, 3.63) is 59.7 Å². The highest BCUT2D eigenvalue weighted by molar-refractivity contribution is 7.87. The molecule has 3 saturated heterocycles. The van der Waals surface area contributed by atoms with Gasteiger partial charge in [-0.1, -0.05) is 35.4 Å². The van der Waals surface area contributed by atoms with Crippen molar-refractivity contribution in [2.75, 3.05) is 0 Å². The lowest BCUT2D eigenvalue weighted by Crippen LogP contribution is -2.76. The van der Waals surface area contributed by atoms with Gasteiger partial charge in [-0.2, -0.15) is 16.8 Å². The molecule has 6 rings (SSSR count). The highest BCUT2D eigenvalue weighted by Gasteiger charge is 2.64. The van der Waals surface area contributed by atoms with Crippen LogP contribution in [0.3, 0.4) is 0 Å². The van der Waals surface area contributed by atoms with Gasteiger partial charge in [0.05, 0.1) is 9.79 Å². The molecule has 4 aliphatic rings. The van der Waals surface area contributed by atoms with E-state index >= 15 is 0 Å². The maximum Gasteiger partial charge on any atom is 0.297 e. The smallest absolute Gasteiger partial charge is 0.297 e. The second-order valence-corrected chi connectivity index (χ2v) is 11.4. The Morgan fingerprint density at radius 3 is 1.42 bits per heavy atom. The Morgan fingerprint density at radius 1 is 0.667 bits per heavy atom. The highest BCUT2D eigenvalue weighted by atomic mass is 32.2. The van der Waals surface area contributed by atoms with Gasteiger partial charge in [-0.3, -0.25) is 8.37 Å². The number of benzene rings is 2. The summed E-state index contributed by atoms with van der Waals surface area (Å²) in [5, 5.41) is 10.7. The SMILES string of the molecule is Cc1ccc(S(=O)(=O)OC2C3O[C@@H]4O[C@H]2C(OS(=O)(=O)c2ccc(C)cc2)[C@H](O4)[C@@H]3O)cc1. The summed E-state index contributed by atoms with van der Waals surface area (Å²) in [4.78, 5) is -0.199. The van der Waals surface area contributed by atoms with Gasteiger partial charge in [-0.05, 0) is 38.1 Å². The van der Waals surface area contributed by atoms with E-state index in [9.17, 15) is 21.9 Å². The van der Waals surface area contributed by atoms with Gasteiger partial charge in [0.1, 0.15) is 36.6 Å². The molecule has 0 radical (unpaired) electrons. The van der Waals surface area contributed by atoms with Crippen molar-refractivity contribution < 1.29 is 44.5 Å². The number of aliphatic hydroxyl groups is 1. The molecule has 7 atom stereocenters. The molecule has 178 valence electrons. The fourth-order valence-corrected chi connectivity index (χ4v) is 6.31. The number of ether oxygens (including phenoxy) is 3. The molecular weight excluding hydrogens is 476 g/mol. The van der Waals surface area contributed by atoms with E-state index in [1.54, 1.807) is 24.3 Å². The zero-order chi connectivity index (χ0) is 23.5. The Labute approximate surface area is 191 Å². The van der Waals surface area contributed by atoms with Gasteiger partial charge in [0.2, 0.25) is 0 Å². The van der Waals surface area contributed by atoms with Crippen LogP contribution in [-0.2, 0) is 42.8 Å². The molecule has 33 heavy (non-hydrogen) atoms. The minimum absolute atomic E-state index is 0.0996. The van der Waals surface area contributed by atoms with Crippen LogP contribution in [0.2, 0.25) is 0 Å². The van der Waals surface area contributed by atoms with Gasteiger partial charge in [0.15, 0.2) is 0 Å². The number of aliphatic hydroxyl groups excluding tert-OH is 1. The van der Waals surface area contributed by atoms with Crippen molar-refractivity contribution >= 4 is 20.2 Å². The van der Waals surface area contributed by atoms with E-state index in [1.165, 1.54) is 24.3 Å². The summed E-state index contributed by atoms with van der Waals surface area (Å²) in [5.41, 5.74) is 1.72. The number of aryl methyl sites for hydroxylation is 2. The molecule has 3 aliphatic heterocycles. The third-order valence-corrected chi connectivity index (χ3v) is 8.52. The summed E-state index contributed by atoms with van der Waals surface area (Å²) in [6.45, 7) is 2.42. The molecule has 10 nitrogen and oxygen atoms in total. The molecule has 4 fully saturated rings. The van der Waals surface area contributed by atoms with Gasteiger partial charge >= 0.3 is 0 Å². The van der Waals surface area contributed by atoms with Crippen LogP contribution in [0, 0.1) is 13.8 Å². The van der Waals surface area contributed by atoms with E-state index in [-0.39, 0.29) is 9.79 Å². The van der Waals surface area contributed by atoms with E-state index in [4.69, 9.17) is 22.6 Å². The van der Waals surface area contributed by atoms with Crippen LogP contribution in [-0.4, -0.2) is 65.0 Å². The van der Waals surface area contributed by atoms with Gasteiger partial charge in [-0.15, -0.1) is 0 Å².